The number of carboxylic acid groups (broad SMARTS) is 1. The Morgan fingerprint density at radius 1 is 1.05 bits per heavy atom. The Kier molecular flexibility index (Phi) is 6.29. The third-order valence-electron chi connectivity index (χ3n) is 6.16. The van der Waals surface area contributed by atoms with Crippen molar-refractivity contribution in [2.45, 2.75) is 32.7 Å². The fourth-order valence-corrected chi connectivity index (χ4v) is 4.68. The van der Waals surface area contributed by atoms with E-state index >= 15 is 0 Å². The van der Waals surface area contributed by atoms with Crippen molar-refractivity contribution in [3.05, 3.63) is 110 Å². The van der Waals surface area contributed by atoms with Crippen molar-refractivity contribution in [3.63, 3.8) is 0 Å². The number of para-hydroxylation sites is 1. The van der Waals surface area contributed by atoms with Crippen LogP contribution in [0.5, 0.6) is 0 Å². The Bertz CT molecular complexity index is 1740. The number of benzene rings is 3. The molecule has 0 amide bonds. The molecule has 0 saturated carbocycles. The summed E-state index contributed by atoms with van der Waals surface area (Å²) in [4.78, 5) is 29.5. The van der Waals surface area contributed by atoms with Crippen molar-refractivity contribution < 1.29 is 9.90 Å². The zero-order valence-corrected chi connectivity index (χ0v) is 22.2. The van der Waals surface area contributed by atoms with Crippen LogP contribution in [0.2, 0.25) is 0 Å². The van der Waals surface area contributed by atoms with Crippen LogP contribution < -0.4 is 5.56 Å². The van der Waals surface area contributed by atoms with Gasteiger partial charge in [-0.3, -0.25) is 4.79 Å². The lowest BCUT2D eigenvalue weighted by molar-refractivity contribution is 0.0697. The van der Waals surface area contributed by atoms with Gasteiger partial charge in [-0.2, -0.15) is 9.78 Å². The molecule has 0 aliphatic heterocycles. The molecule has 8 heteroatoms. The van der Waals surface area contributed by atoms with Gasteiger partial charge in [0.2, 0.25) is 0 Å². The number of rotatable bonds is 5. The number of nitrogens with zero attached hydrogens (tertiary/aromatic N) is 4. The van der Waals surface area contributed by atoms with Gasteiger partial charge in [-0.05, 0) is 42.0 Å². The first-order valence-corrected chi connectivity index (χ1v) is 12.6. The highest BCUT2D eigenvalue weighted by Crippen LogP contribution is 2.24. The van der Waals surface area contributed by atoms with Gasteiger partial charge in [0.1, 0.15) is 5.82 Å². The number of hydrogen-bond donors (Lipinski definition) is 1. The van der Waals surface area contributed by atoms with Gasteiger partial charge in [0.05, 0.1) is 22.7 Å². The average Bonchev–Trinajstić information content (AvgIpc) is 3.20. The molecular formula is C29H25BrN4O3. The van der Waals surface area contributed by atoms with Crippen LogP contribution in [0.1, 0.15) is 48.1 Å². The summed E-state index contributed by atoms with van der Waals surface area (Å²) < 4.78 is 4.29. The third kappa shape index (κ3) is 4.84. The molecule has 0 spiro atoms. The number of carbonyl (C=O) groups is 1. The summed E-state index contributed by atoms with van der Waals surface area (Å²) in [5, 5.41) is 15.3. The van der Waals surface area contributed by atoms with E-state index in [4.69, 9.17) is 4.98 Å². The molecule has 5 rings (SSSR count). The molecule has 0 aliphatic rings. The zero-order chi connectivity index (χ0) is 26.3. The van der Waals surface area contributed by atoms with Gasteiger partial charge in [0.15, 0.2) is 0 Å². The molecule has 2 aromatic heterocycles. The summed E-state index contributed by atoms with van der Waals surface area (Å²) in [6.07, 6.45) is 3.70. The number of halogens is 1. The molecule has 0 bridgehead atoms. The summed E-state index contributed by atoms with van der Waals surface area (Å²) in [5.41, 5.74) is 3.10. The predicted octanol–water partition coefficient (Wildman–Crippen LogP) is 6.04. The standard InChI is InChI=1S/C29H25BrN4O3/c1-29(2,3)28-32-24-13-12-21(30)14-23(24)26(35)34(28)31-15-20-17-33(25-7-5-4-6-22(20)25)16-18-8-10-19(11-9-18)27(36)37/h4-15,17H,16H2,1-3H3,(H,36,37). The van der Waals surface area contributed by atoms with Gasteiger partial charge in [-0.1, -0.05) is 67.0 Å². The number of fused-ring (bicyclic) bond motifs is 2. The smallest absolute Gasteiger partial charge is 0.335 e. The second-order valence-electron chi connectivity index (χ2n) is 9.94. The molecule has 5 aromatic rings. The van der Waals surface area contributed by atoms with E-state index in [2.05, 4.69) is 25.6 Å². The largest absolute Gasteiger partial charge is 0.478 e. The van der Waals surface area contributed by atoms with Crippen LogP contribution in [-0.2, 0) is 12.0 Å². The summed E-state index contributed by atoms with van der Waals surface area (Å²) in [6, 6.07) is 20.3. The fraction of sp³-hybridized carbons (Fsp3) is 0.172. The lowest BCUT2D eigenvalue weighted by Crippen LogP contribution is -2.29. The van der Waals surface area contributed by atoms with E-state index in [1.807, 2.05) is 75.5 Å². The van der Waals surface area contributed by atoms with E-state index in [1.54, 1.807) is 24.4 Å². The highest BCUT2D eigenvalue weighted by molar-refractivity contribution is 9.10. The molecule has 0 aliphatic carbocycles. The monoisotopic (exact) mass is 556 g/mol. The minimum Gasteiger partial charge on any atom is -0.478 e. The molecule has 186 valence electrons. The molecular weight excluding hydrogens is 532 g/mol. The fourth-order valence-electron chi connectivity index (χ4n) is 4.32. The molecule has 1 N–H and O–H groups in total. The molecule has 0 saturated heterocycles. The summed E-state index contributed by atoms with van der Waals surface area (Å²) in [7, 11) is 0. The SMILES string of the molecule is CC(C)(C)c1nc2ccc(Br)cc2c(=O)n1N=Cc1cn(Cc2ccc(C(=O)O)cc2)c2ccccc12. The topological polar surface area (TPSA) is 89.5 Å². The number of carboxylic acids is 1. The van der Waals surface area contributed by atoms with Crippen molar-refractivity contribution in [3.8, 4) is 0 Å². The van der Waals surface area contributed by atoms with Crippen LogP contribution in [-0.4, -0.2) is 31.5 Å². The molecule has 0 atom stereocenters. The predicted molar refractivity (Wildman–Crippen MR) is 150 cm³/mol. The minimum absolute atomic E-state index is 0.227. The maximum Gasteiger partial charge on any atom is 0.335 e. The van der Waals surface area contributed by atoms with Gasteiger partial charge in [-0.25, -0.2) is 9.78 Å². The van der Waals surface area contributed by atoms with Crippen LogP contribution >= 0.6 is 15.9 Å². The average molecular weight is 557 g/mol. The van der Waals surface area contributed by atoms with E-state index < -0.39 is 11.4 Å². The second-order valence-corrected chi connectivity index (χ2v) is 10.9. The first-order chi connectivity index (χ1) is 17.6. The Balaban J connectivity index is 1.60. The highest BCUT2D eigenvalue weighted by atomic mass is 79.9. The van der Waals surface area contributed by atoms with E-state index in [-0.39, 0.29) is 11.1 Å². The molecule has 7 nitrogen and oxygen atoms in total. The van der Waals surface area contributed by atoms with Crippen LogP contribution in [0.4, 0.5) is 0 Å². The summed E-state index contributed by atoms with van der Waals surface area (Å²) in [6.45, 7) is 6.58. The Hall–Kier alpha value is -4.04. The van der Waals surface area contributed by atoms with Crippen LogP contribution in [0.3, 0.4) is 0 Å². The maximum atomic E-state index is 13.5. The Morgan fingerprint density at radius 3 is 2.49 bits per heavy atom. The number of aromatic carboxylic acids is 1. The van der Waals surface area contributed by atoms with Crippen molar-refractivity contribution in [2.24, 2.45) is 5.10 Å². The van der Waals surface area contributed by atoms with Crippen molar-refractivity contribution >= 4 is 49.9 Å². The van der Waals surface area contributed by atoms with E-state index in [1.165, 1.54) is 4.68 Å². The quantitative estimate of drug-likeness (QED) is 0.267. The van der Waals surface area contributed by atoms with Crippen LogP contribution in [0.15, 0.2) is 87.3 Å². The van der Waals surface area contributed by atoms with E-state index in [0.29, 0.717) is 23.3 Å². The Morgan fingerprint density at radius 2 is 1.78 bits per heavy atom. The lowest BCUT2D eigenvalue weighted by atomic mass is 9.95. The Labute approximate surface area is 221 Å². The zero-order valence-electron chi connectivity index (χ0n) is 20.6. The van der Waals surface area contributed by atoms with Crippen molar-refractivity contribution in [2.75, 3.05) is 0 Å². The van der Waals surface area contributed by atoms with Crippen LogP contribution in [0, 0.1) is 0 Å². The minimum atomic E-state index is -0.947. The number of hydrogen-bond acceptors (Lipinski definition) is 4. The van der Waals surface area contributed by atoms with Gasteiger partial charge in [-0.15, -0.1) is 0 Å². The van der Waals surface area contributed by atoms with Crippen molar-refractivity contribution in [1.29, 1.82) is 0 Å². The molecule has 0 fully saturated rings. The van der Waals surface area contributed by atoms with Gasteiger partial charge < -0.3 is 9.67 Å². The third-order valence-corrected chi connectivity index (χ3v) is 6.66. The summed E-state index contributed by atoms with van der Waals surface area (Å²) >= 11 is 3.45. The normalized spacial score (nSPS) is 12.1. The first-order valence-electron chi connectivity index (χ1n) is 11.8. The molecule has 0 unspecified atom stereocenters. The lowest BCUT2D eigenvalue weighted by Gasteiger charge is -2.20. The van der Waals surface area contributed by atoms with Gasteiger partial charge >= 0.3 is 5.97 Å². The molecule has 37 heavy (non-hydrogen) atoms. The second kappa shape index (κ2) is 9.44. The summed E-state index contributed by atoms with van der Waals surface area (Å²) in [5.74, 6) is -0.373. The first kappa shape index (κ1) is 24.6. The molecule has 3 aromatic carbocycles. The van der Waals surface area contributed by atoms with E-state index in [0.717, 1.165) is 26.5 Å². The maximum absolute atomic E-state index is 13.5. The highest BCUT2D eigenvalue weighted by Gasteiger charge is 2.23. The molecule has 2 heterocycles. The molecule has 0 radical (unpaired) electrons. The van der Waals surface area contributed by atoms with Crippen molar-refractivity contribution in [1.82, 2.24) is 14.2 Å². The van der Waals surface area contributed by atoms with E-state index in [9.17, 15) is 14.7 Å². The van der Waals surface area contributed by atoms with Gasteiger partial charge in [0, 0.05) is 39.1 Å². The van der Waals surface area contributed by atoms with Crippen LogP contribution in [0.25, 0.3) is 21.8 Å². The van der Waals surface area contributed by atoms with Gasteiger partial charge in [0.25, 0.3) is 5.56 Å². The number of aromatic nitrogens is 3.